The second-order valence-corrected chi connectivity index (χ2v) is 6.69. The lowest BCUT2D eigenvalue weighted by Crippen LogP contribution is -2.26. The van der Waals surface area contributed by atoms with Crippen molar-refractivity contribution in [2.75, 3.05) is 20.3 Å². The summed E-state index contributed by atoms with van der Waals surface area (Å²) >= 11 is 0. The lowest BCUT2D eigenvalue weighted by Gasteiger charge is -2.20. The topological polar surface area (TPSA) is 59.4 Å². The third-order valence-electron chi connectivity index (χ3n) is 4.58. The highest BCUT2D eigenvalue weighted by molar-refractivity contribution is 5.77. The summed E-state index contributed by atoms with van der Waals surface area (Å²) in [7, 11) is 1.50. The molecule has 3 rings (SSSR count). The maximum absolute atomic E-state index is 13.3. The summed E-state index contributed by atoms with van der Waals surface area (Å²) in [6.07, 6.45) is 1.00. The zero-order valence-electron chi connectivity index (χ0n) is 15.3. The van der Waals surface area contributed by atoms with E-state index in [0.717, 1.165) is 55.1 Å². The Kier molecular flexibility index (Phi) is 6.00. The average Bonchev–Trinajstić information content (AvgIpc) is 2.88. The van der Waals surface area contributed by atoms with E-state index in [2.05, 4.69) is 15.3 Å². The normalized spacial score (nSPS) is 14.7. The highest BCUT2D eigenvalue weighted by Gasteiger charge is 2.17. The number of carbonyl (C=O) groups is 1. The second kappa shape index (κ2) is 8.42. The standard InChI is InChI=1S/C19H25FN4O2/c1-14-8-16(20)5-4-15(14)11-23-6-3-7-24-18(12-23)9-17(22-24)10-21-19(25)13-26-2/h4-5,8-9H,3,6-7,10-13H2,1-2H3,(H,21,25). The van der Waals surface area contributed by atoms with Gasteiger partial charge in [0.05, 0.1) is 17.9 Å². The van der Waals surface area contributed by atoms with Crippen LogP contribution in [0.15, 0.2) is 24.3 Å². The third-order valence-corrected chi connectivity index (χ3v) is 4.58. The lowest BCUT2D eigenvalue weighted by molar-refractivity contribution is -0.124. The highest BCUT2D eigenvalue weighted by Crippen LogP contribution is 2.18. The molecule has 2 heterocycles. The Morgan fingerprint density at radius 2 is 2.19 bits per heavy atom. The van der Waals surface area contributed by atoms with Gasteiger partial charge in [-0.1, -0.05) is 6.07 Å². The van der Waals surface area contributed by atoms with Crippen LogP contribution in [0.1, 0.15) is 28.9 Å². The van der Waals surface area contributed by atoms with E-state index >= 15 is 0 Å². The van der Waals surface area contributed by atoms with Crippen LogP contribution in [-0.4, -0.2) is 40.8 Å². The first kappa shape index (κ1) is 18.5. The predicted octanol–water partition coefficient (Wildman–Crippen LogP) is 2.00. The molecule has 6 nitrogen and oxygen atoms in total. The maximum Gasteiger partial charge on any atom is 0.246 e. The summed E-state index contributed by atoms with van der Waals surface area (Å²) in [6, 6.07) is 7.01. The summed E-state index contributed by atoms with van der Waals surface area (Å²) in [6.45, 7) is 5.81. The molecule has 7 heteroatoms. The molecule has 1 aliphatic heterocycles. The number of nitrogens with zero attached hydrogens (tertiary/aromatic N) is 3. The van der Waals surface area contributed by atoms with E-state index in [1.807, 2.05) is 23.7 Å². The highest BCUT2D eigenvalue weighted by atomic mass is 19.1. The summed E-state index contributed by atoms with van der Waals surface area (Å²) < 4.78 is 20.1. The minimum absolute atomic E-state index is 0.0539. The molecular formula is C19H25FN4O2. The van der Waals surface area contributed by atoms with E-state index in [1.165, 1.54) is 13.2 Å². The minimum atomic E-state index is -0.194. The van der Waals surface area contributed by atoms with Crippen molar-refractivity contribution < 1.29 is 13.9 Å². The molecule has 0 radical (unpaired) electrons. The molecule has 0 fully saturated rings. The molecule has 2 aromatic rings. The smallest absolute Gasteiger partial charge is 0.246 e. The van der Waals surface area contributed by atoms with Crippen LogP contribution >= 0.6 is 0 Å². The molecule has 1 aromatic heterocycles. The van der Waals surface area contributed by atoms with Crippen molar-refractivity contribution in [2.24, 2.45) is 0 Å². The number of carbonyl (C=O) groups excluding carboxylic acids is 1. The Labute approximate surface area is 152 Å². The number of halogens is 1. The Hall–Kier alpha value is -2.25. The summed E-state index contributed by atoms with van der Waals surface area (Å²) in [5.74, 6) is -0.343. The number of rotatable bonds is 6. The Morgan fingerprint density at radius 1 is 1.35 bits per heavy atom. The fourth-order valence-corrected chi connectivity index (χ4v) is 3.26. The molecule has 1 aromatic carbocycles. The Bertz CT molecular complexity index is 775. The monoisotopic (exact) mass is 360 g/mol. The van der Waals surface area contributed by atoms with Gasteiger partial charge >= 0.3 is 0 Å². The van der Waals surface area contributed by atoms with Crippen LogP contribution in [0, 0.1) is 12.7 Å². The van der Waals surface area contributed by atoms with Gasteiger partial charge in [0, 0.05) is 33.3 Å². The van der Waals surface area contributed by atoms with Crippen LogP contribution in [-0.2, 0) is 35.7 Å². The lowest BCUT2D eigenvalue weighted by atomic mass is 10.1. The van der Waals surface area contributed by atoms with Crippen molar-refractivity contribution in [3.63, 3.8) is 0 Å². The van der Waals surface area contributed by atoms with Crippen LogP contribution < -0.4 is 5.32 Å². The van der Waals surface area contributed by atoms with Gasteiger partial charge in [-0.15, -0.1) is 0 Å². The van der Waals surface area contributed by atoms with Gasteiger partial charge in [-0.25, -0.2) is 4.39 Å². The van der Waals surface area contributed by atoms with Crippen molar-refractivity contribution in [3.8, 4) is 0 Å². The molecule has 0 atom stereocenters. The molecule has 140 valence electrons. The summed E-state index contributed by atoms with van der Waals surface area (Å²) in [4.78, 5) is 13.9. The number of methoxy groups -OCH3 is 1. The van der Waals surface area contributed by atoms with Crippen LogP contribution in [0.2, 0.25) is 0 Å². The van der Waals surface area contributed by atoms with Crippen molar-refractivity contribution in [1.29, 1.82) is 0 Å². The van der Waals surface area contributed by atoms with Gasteiger partial charge in [0.15, 0.2) is 0 Å². The molecule has 0 saturated carbocycles. The van der Waals surface area contributed by atoms with Gasteiger partial charge in [-0.05, 0) is 42.7 Å². The minimum Gasteiger partial charge on any atom is -0.375 e. The molecule has 26 heavy (non-hydrogen) atoms. The van der Waals surface area contributed by atoms with Crippen molar-refractivity contribution in [2.45, 2.75) is 39.5 Å². The molecular weight excluding hydrogens is 335 g/mol. The van der Waals surface area contributed by atoms with Gasteiger partial charge in [0.1, 0.15) is 12.4 Å². The molecule has 0 spiro atoms. The first-order valence-corrected chi connectivity index (χ1v) is 8.84. The van der Waals surface area contributed by atoms with Crippen molar-refractivity contribution in [3.05, 3.63) is 52.6 Å². The number of aromatic nitrogens is 2. The molecule has 0 unspecified atom stereocenters. The maximum atomic E-state index is 13.3. The van der Waals surface area contributed by atoms with Crippen molar-refractivity contribution >= 4 is 5.91 Å². The number of amides is 1. The van der Waals surface area contributed by atoms with Crippen LogP contribution in [0.25, 0.3) is 0 Å². The van der Waals surface area contributed by atoms with E-state index in [1.54, 1.807) is 6.07 Å². The molecule has 1 aliphatic rings. The van der Waals surface area contributed by atoms with E-state index in [-0.39, 0.29) is 18.3 Å². The number of hydrogen-bond donors (Lipinski definition) is 1. The van der Waals surface area contributed by atoms with Gasteiger partial charge in [0.25, 0.3) is 0 Å². The van der Waals surface area contributed by atoms with Gasteiger partial charge in [0.2, 0.25) is 5.91 Å². The number of ether oxygens (including phenoxy) is 1. The largest absolute Gasteiger partial charge is 0.375 e. The third kappa shape index (κ3) is 4.68. The summed E-state index contributed by atoms with van der Waals surface area (Å²) in [5.41, 5.74) is 4.11. The molecule has 0 bridgehead atoms. The van der Waals surface area contributed by atoms with E-state index in [9.17, 15) is 9.18 Å². The van der Waals surface area contributed by atoms with Gasteiger partial charge in [-0.2, -0.15) is 5.10 Å². The quantitative estimate of drug-likeness (QED) is 0.856. The Morgan fingerprint density at radius 3 is 2.96 bits per heavy atom. The van der Waals surface area contributed by atoms with Gasteiger partial charge in [-0.3, -0.25) is 14.4 Å². The van der Waals surface area contributed by atoms with Gasteiger partial charge < -0.3 is 10.1 Å². The summed E-state index contributed by atoms with van der Waals surface area (Å²) in [5, 5.41) is 7.40. The fourth-order valence-electron chi connectivity index (χ4n) is 3.26. The van der Waals surface area contributed by atoms with Crippen LogP contribution in [0.4, 0.5) is 4.39 Å². The predicted molar refractivity (Wildman–Crippen MR) is 95.8 cm³/mol. The second-order valence-electron chi connectivity index (χ2n) is 6.69. The zero-order chi connectivity index (χ0) is 18.5. The average molecular weight is 360 g/mol. The van der Waals surface area contributed by atoms with E-state index < -0.39 is 0 Å². The first-order chi connectivity index (χ1) is 12.5. The van der Waals surface area contributed by atoms with Crippen LogP contribution in [0.3, 0.4) is 0 Å². The Balaban J connectivity index is 1.64. The first-order valence-electron chi connectivity index (χ1n) is 8.84. The molecule has 0 aliphatic carbocycles. The number of hydrogen-bond acceptors (Lipinski definition) is 4. The molecule has 1 amide bonds. The number of fused-ring (bicyclic) bond motifs is 1. The number of benzene rings is 1. The number of aryl methyl sites for hydroxylation is 2. The zero-order valence-corrected chi connectivity index (χ0v) is 15.3. The fraction of sp³-hybridized carbons (Fsp3) is 0.474. The van der Waals surface area contributed by atoms with E-state index in [4.69, 9.17) is 4.74 Å². The molecule has 1 N–H and O–H groups in total. The SMILES string of the molecule is COCC(=O)NCc1cc2n(n1)CCCN(Cc1ccc(F)cc1C)C2. The van der Waals surface area contributed by atoms with E-state index in [0.29, 0.717) is 6.54 Å². The molecule has 0 saturated heterocycles. The van der Waals surface area contributed by atoms with Crippen molar-refractivity contribution in [1.82, 2.24) is 20.0 Å². The number of nitrogens with one attached hydrogen (secondary N) is 1. The van der Waals surface area contributed by atoms with Crippen LogP contribution in [0.5, 0.6) is 0 Å².